The molecule has 5 heteroatoms. The second-order valence-corrected chi connectivity index (χ2v) is 7.94. The summed E-state index contributed by atoms with van der Waals surface area (Å²) in [5, 5.41) is 24.7. The molecule has 0 saturated carbocycles. The quantitative estimate of drug-likeness (QED) is 0.334. The maximum absolute atomic E-state index is 10.8. The fraction of sp³-hybridized carbons (Fsp3) is 0.739. The molecule has 3 N–H and O–H groups in total. The zero-order chi connectivity index (χ0) is 20.0. The molecule has 1 fully saturated rings. The molecule has 0 bridgehead atoms. The van der Waals surface area contributed by atoms with Crippen molar-refractivity contribution in [2.24, 2.45) is 0 Å². The minimum absolute atomic E-state index is 0.239. The van der Waals surface area contributed by atoms with E-state index in [4.69, 9.17) is 4.74 Å². The lowest BCUT2D eigenvalue weighted by molar-refractivity contribution is 0.0188. The minimum Gasteiger partial charge on any atom is -0.391 e. The summed E-state index contributed by atoms with van der Waals surface area (Å²) in [6.45, 7) is 6.46. The van der Waals surface area contributed by atoms with E-state index in [0.717, 1.165) is 57.7 Å². The Morgan fingerprint density at radius 2 is 1.64 bits per heavy atom. The van der Waals surface area contributed by atoms with Crippen molar-refractivity contribution in [1.29, 1.82) is 0 Å². The second-order valence-electron chi connectivity index (χ2n) is 7.94. The highest BCUT2D eigenvalue weighted by molar-refractivity contribution is 5.20. The number of rotatable bonds is 14. The van der Waals surface area contributed by atoms with E-state index in [0.29, 0.717) is 6.42 Å². The van der Waals surface area contributed by atoms with Gasteiger partial charge in [-0.1, -0.05) is 75.8 Å². The highest BCUT2D eigenvalue weighted by Crippen LogP contribution is 2.22. The van der Waals surface area contributed by atoms with Gasteiger partial charge in [-0.25, -0.2) is 0 Å². The maximum atomic E-state index is 10.8. The highest BCUT2D eigenvalue weighted by Gasteiger charge is 2.23. The van der Waals surface area contributed by atoms with Gasteiger partial charge in [0.15, 0.2) is 0 Å². The summed E-state index contributed by atoms with van der Waals surface area (Å²) in [5.74, 6) is 0. The summed E-state index contributed by atoms with van der Waals surface area (Å²) >= 11 is 0. The molecule has 1 aliphatic heterocycles. The molecule has 0 spiro atoms. The fourth-order valence-electron chi connectivity index (χ4n) is 3.81. The van der Waals surface area contributed by atoms with Gasteiger partial charge in [-0.2, -0.15) is 0 Å². The number of benzene rings is 1. The standard InChI is InChI=1S/C23H40N2O3/c1-2-3-4-5-6-10-13-21(26)23(20-11-8-7-9-12-20)24-22(27)14-15-25-16-18-28-19-17-25/h7-9,11-12,21-24,26-27H,2-6,10,13-19H2,1H3. The summed E-state index contributed by atoms with van der Waals surface area (Å²) in [6.07, 6.45) is 7.55. The molecule has 1 heterocycles. The van der Waals surface area contributed by atoms with Gasteiger partial charge in [0.1, 0.15) is 6.23 Å². The molecule has 0 aromatic heterocycles. The van der Waals surface area contributed by atoms with E-state index >= 15 is 0 Å². The average molecular weight is 393 g/mol. The lowest BCUT2D eigenvalue weighted by atomic mass is 9.96. The van der Waals surface area contributed by atoms with E-state index in [1.54, 1.807) is 0 Å². The van der Waals surface area contributed by atoms with Crippen LogP contribution in [0.4, 0.5) is 0 Å². The summed E-state index contributed by atoms with van der Waals surface area (Å²) in [7, 11) is 0. The van der Waals surface area contributed by atoms with E-state index < -0.39 is 12.3 Å². The van der Waals surface area contributed by atoms with Gasteiger partial charge in [0, 0.05) is 19.6 Å². The molecule has 28 heavy (non-hydrogen) atoms. The Morgan fingerprint density at radius 1 is 0.964 bits per heavy atom. The summed E-state index contributed by atoms with van der Waals surface area (Å²) < 4.78 is 5.38. The number of unbranched alkanes of at least 4 members (excludes halogenated alkanes) is 5. The predicted octanol–water partition coefficient (Wildman–Crippen LogP) is 3.47. The van der Waals surface area contributed by atoms with Crippen LogP contribution >= 0.6 is 0 Å². The van der Waals surface area contributed by atoms with Crippen molar-refractivity contribution in [3.8, 4) is 0 Å². The topological polar surface area (TPSA) is 65.0 Å². The number of nitrogens with zero attached hydrogens (tertiary/aromatic N) is 1. The summed E-state index contributed by atoms with van der Waals surface area (Å²) in [4.78, 5) is 2.32. The van der Waals surface area contributed by atoms with Gasteiger partial charge < -0.3 is 14.9 Å². The molecule has 3 atom stereocenters. The van der Waals surface area contributed by atoms with Crippen LogP contribution in [0, 0.1) is 0 Å². The van der Waals surface area contributed by atoms with Crippen LogP contribution in [0.5, 0.6) is 0 Å². The van der Waals surface area contributed by atoms with Crippen molar-refractivity contribution in [2.45, 2.75) is 76.7 Å². The molecule has 0 aliphatic carbocycles. The van der Waals surface area contributed by atoms with E-state index in [1.165, 1.54) is 25.7 Å². The van der Waals surface area contributed by atoms with Gasteiger partial charge in [-0.3, -0.25) is 10.2 Å². The molecule has 0 amide bonds. The first kappa shape index (κ1) is 23.3. The highest BCUT2D eigenvalue weighted by atomic mass is 16.5. The smallest absolute Gasteiger partial charge is 0.106 e. The van der Waals surface area contributed by atoms with Crippen LogP contribution in [-0.2, 0) is 4.74 Å². The largest absolute Gasteiger partial charge is 0.391 e. The number of nitrogens with one attached hydrogen (secondary N) is 1. The van der Waals surface area contributed by atoms with E-state index in [2.05, 4.69) is 17.1 Å². The molecular weight excluding hydrogens is 352 g/mol. The first-order valence-electron chi connectivity index (χ1n) is 11.2. The first-order chi connectivity index (χ1) is 13.7. The van der Waals surface area contributed by atoms with Gasteiger partial charge in [0.05, 0.1) is 25.4 Å². The normalized spacial score (nSPS) is 18.7. The Balaban J connectivity index is 1.81. The number of aliphatic hydroxyl groups is 2. The Kier molecular flexibility index (Phi) is 11.7. The number of ether oxygens (including phenoxy) is 1. The van der Waals surface area contributed by atoms with Gasteiger partial charge in [0.25, 0.3) is 0 Å². The van der Waals surface area contributed by atoms with Crippen molar-refractivity contribution in [3.05, 3.63) is 35.9 Å². The average Bonchev–Trinajstić information content (AvgIpc) is 2.74. The van der Waals surface area contributed by atoms with Crippen LogP contribution in [-0.4, -0.2) is 60.3 Å². The Labute approximate surface area is 171 Å². The molecular formula is C23H40N2O3. The van der Waals surface area contributed by atoms with Crippen LogP contribution in [0.25, 0.3) is 0 Å². The third-order valence-corrected chi connectivity index (χ3v) is 5.59. The molecule has 5 nitrogen and oxygen atoms in total. The maximum Gasteiger partial charge on any atom is 0.106 e. The minimum atomic E-state index is -0.632. The first-order valence-corrected chi connectivity index (χ1v) is 11.2. The summed E-state index contributed by atoms with van der Waals surface area (Å²) in [6, 6.07) is 9.77. The number of hydrogen-bond acceptors (Lipinski definition) is 5. The molecule has 0 radical (unpaired) electrons. The van der Waals surface area contributed by atoms with Crippen LogP contribution in [0.3, 0.4) is 0 Å². The van der Waals surface area contributed by atoms with Gasteiger partial charge in [-0.05, 0) is 18.4 Å². The van der Waals surface area contributed by atoms with E-state index in [-0.39, 0.29) is 6.04 Å². The van der Waals surface area contributed by atoms with E-state index in [9.17, 15) is 10.2 Å². The van der Waals surface area contributed by atoms with Crippen LogP contribution < -0.4 is 5.32 Å². The Bertz CT molecular complexity index is 494. The van der Waals surface area contributed by atoms with Crippen LogP contribution in [0.15, 0.2) is 30.3 Å². The molecule has 160 valence electrons. The monoisotopic (exact) mass is 392 g/mol. The Morgan fingerprint density at radius 3 is 2.36 bits per heavy atom. The molecule has 1 saturated heterocycles. The van der Waals surface area contributed by atoms with Crippen LogP contribution in [0.1, 0.15) is 69.9 Å². The molecule has 1 aromatic carbocycles. The van der Waals surface area contributed by atoms with Crippen molar-refractivity contribution < 1.29 is 14.9 Å². The fourth-order valence-corrected chi connectivity index (χ4v) is 3.81. The van der Waals surface area contributed by atoms with Crippen molar-refractivity contribution in [3.63, 3.8) is 0 Å². The number of aliphatic hydroxyl groups excluding tert-OH is 2. The lowest BCUT2D eigenvalue weighted by Crippen LogP contribution is -2.43. The van der Waals surface area contributed by atoms with Gasteiger partial charge >= 0.3 is 0 Å². The molecule has 1 aromatic rings. The molecule has 1 aliphatic rings. The second kappa shape index (κ2) is 14.1. The number of hydrogen-bond donors (Lipinski definition) is 3. The third kappa shape index (κ3) is 9.01. The van der Waals surface area contributed by atoms with Crippen molar-refractivity contribution in [1.82, 2.24) is 10.2 Å². The summed E-state index contributed by atoms with van der Waals surface area (Å²) in [5.41, 5.74) is 1.03. The van der Waals surface area contributed by atoms with E-state index in [1.807, 2.05) is 30.3 Å². The van der Waals surface area contributed by atoms with Crippen LogP contribution in [0.2, 0.25) is 0 Å². The van der Waals surface area contributed by atoms with Gasteiger partial charge in [-0.15, -0.1) is 0 Å². The molecule has 3 unspecified atom stereocenters. The van der Waals surface area contributed by atoms with Gasteiger partial charge in [0.2, 0.25) is 0 Å². The number of morpholine rings is 1. The lowest BCUT2D eigenvalue weighted by Gasteiger charge is -2.30. The van der Waals surface area contributed by atoms with Crippen molar-refractivity contribution >= 4 is 0 Å². The SMILES string of the molecule is CCCCCCCCC(O)C(NC(O)CCN1CCOCC1)c1ccccc1. The Hall–Kier alpha value is -0.980. The zero-order valence-electron chi connectivity index (χ0n) is 17.6. The molecule has 2 rings (SSSR count). The van der Waals surface area contributed by atoms with Crippen molar-refractivity contribution in [2.75, 3.05) is 32.8 Å². The zero-order valence-corrected chi connectivity index (χ0v) is 17.6. The predicted molar refractivity (Wildman–Crippen MR) is 114 cm³/mol. The third-order valence-electron chi connectivity index (χ3n) is 5.59.